The average molecular weight is 472 g/mol. The molecule has 3 aromatic carbocycles. The van der Waals surface area contributed by atoms with Crippen LogP contribution in [0, 0.1) is 6.92 Å². The van der Waals surface area contributed by atoms with Crippen LogP contribution in [-0.2, 0) is 28.0 Å². The lowest BCUT2D eigenvalue weighted by molar-refractivity contribution is -0.121. The van der Waals surface area contributed by atoms with E-state index in [0.717, 1.165) is 58.6 Å². The first-order valence-corrected chi connectivity index (χ1v) is 12.4. The van der Waals surface area contributed by atoms with E-state index in [9.17, 15) is 9.59 Å². The van der Waals surface area contributed by atoms with Gasteiger partial charge in [0.25, 0.3) is 0 Å². The number of nitrogens with one attached hydrogen (secondary N) is 1. The molecule has 1 heterocycles. The number of hydrogen-bond acceptors (Lipinski definition) is 4. The lowest BCUT2D eigenvalue weighted by atomic mass is 9.87. The normalized spacial score (nSPS) is 15.0. The van der Waals surface area contributed by atoms with E-state index in [1.54, 1.807) is 0 Å². The number of amides is 1. The van der Waals surface area contributed by atoms with E-state index >= 15 is 0 Å². The van der Waals surface area contributed by atoms with E-state index in [2.05, 4.69) is 54.7 Å². The maximum atomic E-state index is 13.4. The highest BCUT2D eigenvalue weighted by atomic mass is 16.7. The van der Waals surface area contributed by atoms with E-state index in [4.69, 9.17) is 9.47 Å². The number of ether oxygens (including phenoxy) is 2. The van der Waals surface area contributed by atoms with Crippen LogP contribution >= 0.6 is 0 Å². The maximum absolute atomic E-state index is 13.4. The van der Waals surface area contributed by atoms with Crippen molar-refractivity contribution in [2.45, 2.75) is 57.9 Å². The SMILES string of the molecule is CCCC(=O)NCc1ccc(-c2cc(CC(=O)C3(c4ccc5c(c4)OCO5)CC3)ccc2C)cc1.[HH]. The quantitative estimate of drug-likeness (QED) is 0.422. The summed E-state index contributed by atoms with van der Waals surface area (Å²) in [4.78, 5) is 25.2. The molecule has 1 aliphatic heterocycles. The van der Waals surface area contributed by atoms with Crippen molar-refractivity contribution in [3.05, 3.63) is 82.9 Å². The first-order valence-electron chi connectivity index (χ1n) is 12.4. The number of hydrogen-bond donors (Lipinski definition) is 1. The second-order valence-corrected chi connectivity index (χ2v) is 9.62. The molecule has 1 aliphatic carbocycles. The second kappa shape index (κ2) is 9.57. The molecule has 5 heteroatoms. The molecule has 1 amide bonds. The molecule has 182 valence electrons. The zero-order valence-electron chi connectivity index (χ0n) is 20.4. The van der Waals surface area contributed by atoms with E-state index in [-0.39, 0.29) is 19.9 Å². The summed E-state index contributed by atoms with van der Waals surface area (Å²) >= 11 is 0. The summed E-state index contributed by atoms with van der Waals surface area (Å²) < 4.78 is 11.0. The lowest BCUT2D eigenvalue weighted by Gasteiger charge is -2.16. The van der Waals surface area contributed by atoms with Crippen molar-refractivity contribution < 1.29 is 20.5 Å². The summed E-state index contributed by atoms with van der Waals surface area (Å²) in [7, 11) is 0. The van der Waals surface area contributed by atoms with Gasteiger partial charge in [-0.25, -0.2) is 0 Å². The highest BCUT2D eigenvalue weighted by Gasteiger charge is 2.50. The van der Waals surface area contributed by atoms with Crippen molar-refractivity contribution in [1.29, 1.82) is 0 Å². The summed E-state index contributed by atoms with van der Waals surface area (Å²) in [6.07, 6.45) is 3.56. The number of fused-ring (bicyclic) bond motifs is 1. The van der Waals surface area contributed by atoms with Crippen LogP contribution in [0.15, 0.2) is 60.7 Å². The standard InChI is InChI=1S/C30H31NO4.H2/c1-3-4-29(33)31-18-21-7-9-23(10-8-21)25-15-22(6-5-20(25)2)16-28(32)30(13-14-30)24-11-12-26-27(17-24)35-19-34-26;/h5-12,15,17H,3-4,13-14,16,18-19H2,1-2H3,(H,31,33);1H. The van der Waals surface area contributed by atoms with Crippen molar-refractivity contribution in [1.82, 2.24) is 5.32 Å². The number of rotatable bonds is 9. The van der Waals surface area contributed by atoms with Crippen LogP contribution in [0.4, 0.5) is 0 Å². The topological polar surface area (TPSA) is 64.6 Å². The van der Waals surface area contributed by atoms with Crippen molar-refractivity contribution in [2.75, 3.05) is 6.79 Å². The zero-order chi connectivity index (χ0) is 24.4. The second-order valence-electron chi connectivity index (χ2n) is 9.62. The minimum absolute atomic E-state index is 0. The number of benzene rings is 3. The number of Topliss-reactive ketones (excluding diaryl/α,β-unsaturated/α-hetero) is 1. The molecule has 3 aromatic rings. The molecule has 35 heavy (non-hydrogen) atoms. The molecule has 1 N–H and O–H groups in total. The van der Waals surface area contributed by atoms with Gasteiger partial charge in [0.15, 0.2) is 11.5 Å². The van der Waals surface area contributed by atoms with E-state index in [1.165, 1.54) is 5.56 Å². The molecule has 2 aliphatic rings. The Morgan fingerprint density at radius 1 is 0.943 bits per heavy atom. The molecular formula is C30H33NO4. The van der Waals surface area contributed by atoms with Gasteiger partial charge in [0.1, 0.15) is 5.78 Å². The van der Waals surface area contributed by atoms with Gasteiger partial charge in [-0.1, -0.05) is 55.5 Å². The zero-order valence-corrected chi connectivity index (χ0v) is 20.4. The first-order chi connectivity index (χ1) is 17.0. The monoisotopic (exact) mass is 471 g/mol. The highest BCUT2D eigenvalue weighted by Crippen LogP contribution is 2.51. The van der Waals surface area contributed by atoms with Crippen molar-refractivity contribution >= 4 is 11.7 Å². The Balaban J connectivity index is 0.00000304. The summed E-state index contributed by atoms with van der Waals surface area (Å²) in [5.41, 5.74) is 6.13. The molecule has 0 unspecified atom stereocenters. The maximum Gasteiger partial charge on any atom is 0.231 e. The third kappa shape index (κ3) is 4.81. The number of carbonyl (C=O) groups excluding carboxylic acids is 2. The van der Waals surface area contributed by atoms with Crippen LogP contribution < -0.4 is 14.8 Å². The van der Waals surface area contributed by atoms with E-state index in [0.29, 0.717) is 19.4 Å². The Morgan fingerprint density at radius 2 is 1.69 bits per heavy atom. The van der Waals surface area contributed by atoms with Crippen LogP contribution in [0.3, 0.4) is 0 Å². The largest absolute Gasteiger partial charge is 0.454 e. The predicted molar refractivity (Wildman–Crippen MR) is 138 cm³/mol. The minimum Gasteiger partial charge on any atom is -0.454 e. The van der Waals surface area contributed by atoms with Crippen LogP contribution in [0.25, 0.3) is 11.1 Å². The molecule has 5 nitrogen and oxygen atoms in total. The number of aryl methyl sites for hydroxylation is 1. The fourth-order valence-electron chi connectivity index (χ4n) is 4.81. The van der Waals surface area contributed by atoms with Gasteiger partial charge in [0, 0.05) is 20.8 Å². The molecular weight excluding hydrogens is 438 g/mol. The van der Waals surface area contributed by atoms with Gasteiger partial charge in [-0.05, 0) is 71.7 Å². The van der Waals surface area contributed by atoms with E-state index < -0.39 is 5.41 Å². The molecule has 0 aromatic heterocycles. The van der Waals surface area contributed by atoms with Gasteiger partial charge in [-0.2, -0.15) is 0 Å². The fraction of sp³-hybridized carbons (Fsp3) is 0.333. The van der Waals surface area contributed by atoms with Gasteiger partial charge in [0.05, 0.1) is 5.41 Å². The summed E-state index contributed by atoms with van der Waals surface area (Å²) in [5, 5.41) is 2.96. The predicted octanol–water partition coefficient (Wildman–Crippen LogP) is 5.90. The molecule has 0 bridgehead atoms. The Morgan fingerprint density at radius 3 is 2.43 bits per heavy atom. The van der Waals surface area contributed by atoms with Crippen LogP contribution in [0.2, 0.25) is 0 Å². The lowest BCUT2D eigenvalue weighted by Crippen LogP contribution is -2.22. The molecule has 0 spiro atoms. The number of ketones is 1. The molecule has 0 radical (unpaired) electrons. The Kier molecular flexibility index (Phi) is 6.33. The van der Waals surface area contributed by atoms with Crippen molar-refractivity contribution in [3.63, 3.8) is 0 Å². The minimum atomic E-state index is -0.407. The molecule has 5 rings (SSSR count). The Labute approximate surface area is 207 Å². The van der Waals surface area contributed by atoms with Crippen LogP contribution in [0.1, 0.15) is 56.3 Å². The van der Waals surface area contributed by atoms with E-state index in [1.807, 2.05) is 25.1 Å². The first kappa shape index (κ1) is 23.2. The van der Waals surface area contributed by atoms with Crippen molar-refractivity contribution in [2.24, 2.45) is 0 Å². The van der Waals surface area contributed by atoms with Gasteiger partial charge in [-0.15, -0.1) is 0 Å². The summed E-state index contributed by atoms with van der Waals surface area (Å²) in [6.45, 7) is 4.87. The Hall–Kier alpha value is -3.60. The van der Waals surface area contributed by atoms with Crippen LogP contribution in [-0.4, -0.2) is 18.5 Å². The van der Waals surface area contributed by atoms with Gasteiger partial charge in [-0.3, -0.25) is 9.59 Å². The highest BCUT2D eigenvalue weighted by molar-refractivity contribution is 5.95. The molecule has 0 saturated heterocycles. The molecule has 0 atom stereocenters. The average Bonchev–Trinajstić information content (AvgIpc) is 3.55. The summed E-state index contributed by atoms with van der Waals surface area (Å²) in [5.74, 6) is 1.81. The van der Waals surface area contributed by atoms with Gasteiger partial charge in [0.2, 0.25) is 12.7 Å². The molecule has 1 saturated carbocycles. The number of carbonyl (C=O) groups is 2. The van der Waals surface area contributed by atoms with Crippen LogP contribution in [0.5, 0.6) is 11.5 Å². The molecule has 1 fully saturated rings. The van der Waals surface area contributed by atoms with Crippen molar-refractivity contribution in [3.8, 4) is 22.6 Å². The van der Waals surface area contributed by atoms with Gasteiger partial charge >= 0.3 is 0 Å². The smallest absolute Gasteiger partial charge is 0.231 e. The third-order valence-electron chi connectivity index (χ3n) is 7.11. The third-order valence-corrected chi connectivity index (χ3v) is 7.11. The van der Waals surface area contributed by atoms with Gasteiger partial charge < -0.3 is 14.8 Å². The Bertz CT molecular complexity index is 1260. The fourth-order valence-corrected chi connectivity index (χ4v) is 4.81. The summed E-state index contributed by atoms with van der Waals surface area (Å²) in [6, 6.07) is 20.5.